The lowest BCUT2D eigenvalue weighted by atomic mass is 9.62. The second-order valence-electron chi connectivity index (χ2n) is 11.1. The van der Waals surface area contributed by atoms with Crippen molar-refractivity contribution in [2.24, 2.45) is 11.8 Å². The number of unbranched alkanes of at least 4 members (excludes halogenated alkanes) is 1. The Morgan fingerprint density at radius 3 is 2.24 bits per heavy atom. The molecule has 1 N–H and O–H groups in total. The first-order valence-electron chi connectivity index (χ1n) is 14.3. The molecule has 5 rings (SSSR count). The number of fused-ring (bicyclic) bond motifs is 1. The van der Waals surface area contributed by atoms with Crippen LogP contribution < -0.4 is 10.1 Å². The molecule has 3 aliphatic rings. The van der Waals surface area contributed by atoms with Crippen LogP contribution in [-0.2, 0) is 21.5 Å². The molecule has 1 heterocycles. The van der Waals surface area contributed by atoms with Crippen molar-refractivity contribution in [3.05, 3.63) is 53.6 Å². The molecule has 0 saturated heterocycles. The molecule has 2 saturated carbocycles. The number of anilines is 1. The van der Waals surface area contributed by atoms with Gasteiger partial charge in [-0.05, 0) is 87.0 Å². The van der Waals surface area contributed by atoms with Gasteiger partial charge in [0.2, 0.25) is 0 Å². The van der Waals surface area contributed by atoms with Gasteiger partial charge in [-0.2, -0.15) is 0 Å². The van der Waals surface area contributed by atoms with Crippen LogP contribution in [0.2, 0.25) is 0 Å². The van der Waals surface area contributed by atoms with Gasteiger partial charge in [-0.25, -0.2) is 4.79 Å². The molecule has 2 aromatic rings. The number of amides is 1. The van der Waals surface area contributed by atoms with Gasteiger partial charge in [-0.15, -0.1) is 0 Å². The molecule has 37 heavy (non-hydrogen) atoms. The Balaban J connectivity index is 1.28. The second-order valence-corrected chi connectivity index (χ2v) is 12.7. The summed E-state index contributed by atoms with van der Waals surface area (Å²) in [6.07, 6.45) is 13.2. The monoisotopic (exact) mass is 523 g/mol. The summed E-state index contributed by atoms with van der Waals surface area (Å²) in [5.41, 5.74) is 2.63. The van der Waals surface area contributed by atoms with Crippen molar-refractivity contribution >= 4 is 23.0 Å². The van der Waals surface area contributed by atoms with Crippen molar-refractivity contribution in [1.82, 2.24) is 0 Å². The average Bonchev–Trinajstić information content (AvgIpc) is 2.93. The smallest absolute Gasteiger partial charge is 0.412 e. The number of carbonyl (C=O) groups excluding carboxylic acids is 1. The van der Waals surface area contributed by atoms with E-state index in [0.29, 0.717) is 24.2 Å². The first-order chi connectivity index (χ1) is 18.1. The number of aryl methyl sites for hydroxylation is 1. The highest BCUT2D eigenvalue weighted by Gasteiger charge is 2.53. The predicted octanol–water partition coefficient (Wildman–Crippen LogP) is 7.88. The van der Waals surface area contributed by atoms with Gasteiger partial charge >= 0.3 is 6.09 Å². The van der Waals surface area contributed by atoms with Crippen LogP contribution in [-0.4, -0.2) is 23.0 Å². The molecule has 0 bridgehead atoms. The third-order valence-corrected chi connectivity index (χ3v) is 10.1. The quantitative estimate of drug-likeness (QED) is 0.268. The van der Waals surface area contributed by atoms with Gasteiger partial charge in [0.15, 0.2) is 4.90 Å². The maximum atomic E-state index is 12.8. The predicted molar refractivity (Wildman–Crippen MR) is 149 cm³/mol. The van der Waals surface area contributed by atoms with Crippen LogP contribution in [0.15, 0.2) is 47.4 Å². The normalized spacial score (nSPS) is 21.0. The summed E-state index contributed by atoms with van der Waals surface area (Å²) in [7, 11) is 0. The highest BCUT2D eigenvalue weighted by atomic mass is 32.2. The molecule has 1 unspecified atom stereocenters. The Bertz CT molecular complexity index is 1030. The summed E-state index contributed by atoms with van der Waals surface area (Å²) in [4.78, 5) is 13.7. The van der Waals surface area contributed by atoms with Crippen molar-refractivity contribution in [3.63, 3.8) is 0 Å². The zero-order valence-electron chi connectivity index (χ0n) is 22.1. The maximum Gasteiger partial charge on any atom is 0.412 e. The minimum Gasteiger partial charge on any atom is -0.611 e. The Hall–Kier alpha value is -2.18. The van der Waals surface area contributed by atoms with Crippen LogP contribution in [0.3, 0.4) is 0 Å². The molecule has 2 aliphatic carbocycles. The molecule has 1 atom stereocenters. The van der Waals surface area contributed by atoms with Crippen molar-refractivity contribution in [3.8, 4) is 5.75 Å². The number of hydrogen-bond donors (Lipinski definition) is 1. The molecule has 1 aliphatic heterocycles. The molecule has 5 nitrogen and oxygen atoms in total. The van der Waals surface area contributed by atoms with E-state index in [0.717, 1.165) is 60.4 Å². The molecule has 6 heteroatoms. The highest BCUT2D eigenvalue weighted by Crippen LogP contribution is 2.55. The number of ether oxygens (including phenoxy) is 2. The van der Waals surface area contributed by atoms with Gasteiger partial charge in [0.25, 0.3) is 0 Å². The van der Waals surface area contributed by atoms with Crippen LogP contribution in [0, 0.1) is 18.8 Å². The van der Waals surface area contributed by atoms with E-state index in [-0.39, 0.29) is 6.09 Å². The van der Waals surface area contributed by atoms with Crippen molar-refractivity contribution in [2.45, 2.75) is 94.5 Å². The number of rotatable bonds is 9. The van der Waals surface area contributed by atoms with Gasteiger partial charge in [-0.3, -0.25) is 5.32 Å². The fourth-order valence-corrected chi connectivity index (χ4v) is 7.87. The standard InChI is InChI=1S/C31H41NO4S/c1-23-14-17-27(18-15-23)37(34)21-9-8-20-35-26-16-19-29-28(22-26)31(36-30(33)32-29,24-10-4-2-5-11-24)25-12-6-3-7-13-25/h14-19,22,24-25H,2-13,20-21H2,1H3,(H,32,33). The van der Waals surface area contributed by atoms with Gasteiger partial charge in [0, 0.05) is 17.4 Å². The Kier molecular flexibility index (Phi) is 8.66. The van der Waals surface area contributed by atoms with E-state index in [4.69, 9.17) is 9.47 Å². The van der Waals surface area contributed by atoms with Crippen LogP contribution in [0.25, 0.3) is 0 Å². The summed E-state index contributed by atoms with van der Waals surface area (Å²) in [5.74, 6) is 2.19. The summed E-state index contributed by atoms with van der Waals surface area (Å²) in [6, 6.07) is 14.0. The van der Waals surface area contributed by atoms with Gasteiger partial charge in [0.1, 0.15) is 17.1 Å². The Morgan fingerprint density at radius 1 is 0.946 bits per heavy atom. The molecule has 1 amide bonds. The third kappa shape index (κ3) is 5.96. The van der Waals surface area contributed by atoms with Gasteiger partial charge in [-0.1, -0.05) is 56.2 Å². The number of benzene rings is 2. The third-order valence-electron chi connectivity index (χ3n) is 8.61. The van der Waals surface area contributed by atoms with E-state index < -0.39 is 16.8 Å². The molecular formula is C31H41NO4S. The zero-order chi connectivity index (χ0) is 25.7. The highest BCUT2D eigenvalue weighted by molar-refractivity contribution is 7.91. The molecule has 2 aromatic carbocycles. The zero-order valence-corrected chi connectivity index (χ0v) is 23.0. The lowest BCUT2D eigenvalue weighted by Gasteiger charge is -2.50. The van der Waals surface area contributed by atoms with Crippen LogP contribution >= 0.6 is 0 Å². The number of carbonyl (C=O) groups is 1. The van der Waals surface area contributed by atoms with Gasteiger partial charge in [0.05, 0.1) is 12.3 Å². The van der Waals surface area contributed by atoms with Crippen LogP contribution in [0.1, 0.15) is 88.2 Å². The lowest BCUT2D eigenvalue weighted by molar-refractivity contribution is -0.104. The maximum absolute atomic E-state index is 12.8. The fourth-order valence-electron chi connectivity index (χ4n) is 6.73. The topological polar surface area (TPSA) is 70.6 Å². The summed E-state index contributed by atoms with van der Waals surface area (Å²) in [5, 5.41) is 2.98. The molecular weight excluding hydrogens is 482 g/mol. The summed E-state index contributed by atoms with van der Waals surface area (Å²) >= 11 is -0.974. The van der Waals surface area contributed by atoms with Crippen LogP contribution in [0.4, 0.5) is 10.5 Å². The van der Waals surface area contributed by atoms with E-state index in [1.54, 1.807) is 0 Å². The molecule has 0 aromatic heterocycles. The van der Waals surface area contributed by atoms with Gasteiger partial charge < -0.3 is 14.0 Å². The minimum atomic E-state index is -0.974. The van der Waals surface area contributed by atoms with E-state index in [9.17, 15) is 9.35 Å². The van der Waals surface area contributed by atoms with E-state index in [1.807, 2.05) is 43.3 Å². The van der Waals surface area contributed by atoms with E-state index in [2.05, 4.69) is 11.4 Å². The second kappa shape index (κ2) is 12.1. The lowest BCUT2D eigenvalue weighted by Crippen LogP contribution is -2.51. The Morgan fingerprint density at radius 2 is 1.59 bits per heavy atom. The fraction of sp³-hybridized carbons (Fsp3) is 0.581. The minimum absolute atomic E-state index is 0.307. The summed E-state index contributed by atoms with van der Waals surface area (Å²) < 4.78 is 25.2. The van der Waals surface area contributed by atoms with Crippen molar-refractivity contribution < 1.29 is 18.8 Å². The molecule has 0 radical (unpaired) electrons. The number of cyclic esters (lactones) is 1. The summed E-state index contributed by atoms with van der Waals surface area (Å²) in [6.45, 7) is 2.62. The molecule has 0 spiro atoms. The first kappa shape index (κ1) is 26.4. The number of nitrogens with one attached hydrogen (secondary N) is 1. The van der Waals surface area contributed by atoms with Crippen molar-refractivity contribution in [1.29, 1.82) is 0 Å². The largest absolute Gasteiger partial charge is 0.611 e. The first-order valence-corrected chi connectivity index (χ1v) is 15.6. The van der Waals surface area contributed by atoms with Crippen molar-refractivity contribution in [2.75, 3.05) is 17.7 Å². The van der Waals surface area contributed by atoms with E-state index in [1.165, 1.54) is 44.1 Å². The molecule has 2 fully saturated rings. The SMILES string of the molecule is Cc1ccc([S+]([O-])CCCCOc2ccc3c(c2)C(C2CCCCC2)(C2CCCCC2)OC(=O)N3)cc1. The Labute approximate surface area is 224 Å². The number of hydrogen-bond acceptors (Lipinski definition) is 4. The van der Waals surface area contributed by atoms with E-state index >= 15 is 0 Å². The molecule has 200 valence electrons. The van der Waals surface area contributed by atoms with Crippen LogP contribution in [0.5, 0.6) is 5.75 Å². The average molecular weight is 524 g/mol.